The first kappa shape index (κ1) is 20.6. The molecule has 1 fully saturated rings. The molecule has 0 saturated carbocycles. The lowest BCUT2D eigenvalue weighted by atomic mass is 10.0. The van der Waals surface area contributed by atoms with Crippen molar-refractivity contribution in [2.24, 2.45) is 0 Å². The highest BCUT2D eigenvalue weighted by molar-refractivity contribution is 6.13. The number of carbonyl (C=O) groups is 4. The van der Waals surface area contributed by atoms with Gasteiger partial charge < -0.3 is 20.4 Å². The molecule has 2 aliphatic heterocycles. The summed E-state index contributed by atoms with van der Waals surface area (Å²) in [6.45, 7) is 1.77. The van der Waals surface area contributed by atoms with Gasteiger partial charge in [0.2, 0.25) is 17.7 Å². The number of hydrogen-bond acceptors (Lipinski definition) is 4. The minimum absolute atomic E-state index is 0.162. The second-order valence-corrected chi connectivity index (χ2v) is 7.76. The maximum atomic E-state index is 13.3. The quantitative estimate of drug-likeness (QED) is 0.794. The molecule has 160 valence electrons. The molecule has 8 nitrogen and oxygen atoms in total. The third kappa shape index (κ3) is 4.28. The average Bonchev–Trinajstić information content (AvgIpc) is 2.85. The van der Waals surface area contributed by atoms with Gasteiger partial charge in [0.1, 0.15) is 12.6 Å². The van der Waals surface area contributed by atoms with Crippen molar-refractivity contribution in [1.29, 1.82) is 0 Å². The fourth-order valence-corrected chi connectivity index (χ4v) is 4.12. The Kier molecular flexibility index (Phi) is 5.70. The van der Waals surface area contributed by atoms with Gasteiger partial charge in [-0.3, -0.25) is 19.2 Å². The number of hydrogen-bond donors (Lipinski definition) is 2. The lowest BCUT2D eigenvalue weighted by Gasteiger charge is -2.34. The molecule has 31 heavy (non-hydrogen) atoms. The van der Waals surface area contributed by atoms with E-state index in [2.05, 4.69) is 10.6 Å². The highest BCUT2D eigenvalue weighted by Crippen LogP contribution is 2.31. The maximum absolute atomic E-state index is 13.3. The third-order valence-electron chi connectivity index (χ3n) is 5.53. The lowest BCUT2D eigenvalue weighted by Crippen LogP contribution is -2.52. The molecular weight excluding hydrogens is 396 g/mol. The van der Waals surface area contributed by atoms with Crippen LogP contribution in [0.1, 0.15) is 36.5 Å². The Morgan fingerprint density at radius 1 is 0.968 bits per heavy atom. The van der Waals surface area contributed by atoms with Crippen molar-refractivity contribution in [3.8, 4) is 0 Å². The van der Waals surface area contributed by atoms with Gasteiger partial charge in [0, 0.05) is 24.8 Å². The molecule has 0 radical (unpaired) electrons. The molecule has 0 spiro atoms. The Morgan fingerprint density at radius 3 is 2.35 bits per heavy atom. The predicted octanol–water partition coefficient (Wildman–Crippen LogP) is 2.62. The van der Waals surface area contributed by atoms with Gasteiger partial charge in [-0.2, -0.15) is 0 Å². The Labute approximate surface area is 180 Å². The Balaban J connectivity index is 1.55. The molecule has 2 heterocycles. The fraction of sp³-hybridized carbons (Fsp3) is 0.304. The molecule has 2 aromatic rings. The summed E-state index contributed by atoms with van der Waals surface area (Å²) >= 11 is 0. The third-order valence-corrected chi connectivity index (χ3v) is 5.53. The molecule has 1 atom stereocenters. The van der Waals surface area contributed by atoms with Crippen molar-refractivity contribution in [3.05, 3.63) is 54.1 Å². The summed E-state index contributed by atoms with van der Waals surface area (Å²) in [7, 11) is 0. The maximum Gasteiger partial charge on any atom is 0.256 e. The van der Waals surface area contributed by atoms with Gasteiger partial charge in [-0.15, -0.1) is 0 Å². The van der Waals surface area contributed by atoms with Gasteiger partial charge in [0.25, 0.3) is 5.91 Å². The summed E-state index contributed by atoms with van der Waals surface area (Å²) in [5.41, 5.74) is 2.07. The van der Waals surface area contributed by atoms with E-state index < -0.39 is 6.04 Å². The number of nitrogens with zero attached hydrogens (tertiary/aromatic N) is 2. The molecular formula is C23H24N4O4. The van der Waals surface area contributed by atoms with E-state index >= 15 is 0 Å². The highest BCUT2D eigenvalue weighted by Gasteiger charge is 2.40. The summed E-state index contributed by atoms with van der Waals surface area (Å²) in [4.78, 5) is 53.4. The Bertz CT molecular complexity index is 1030. The van der Waals surface area contributed by atoms with Crippen LogP contribution in [0.15, 0.2) is 48.5 Å². The van der Waals surface area contributed by atoms with E-state index in [9.17, 15) is 19.2 Å². The minimum Gasteiger partial charge on any atom is -0.327 e. The molecule has 0 bridgehead atoms. The van der Waals surface area contributed by atoms with Crippen molar-refractivity contribution in [2.75, 3.05) is 28.6 Å². The number of carbonyl (C=O) groups excluding carboxylic acids is 4. The molecule has 4 rings (SSSR count). The number of para-hydroxylation sites is 1. The number of nitrogens with one attached hydrogen (secondary N) is 2. The molecule has 8 heteroatoms. The monoisotopic (exact) mass is 420 g/mol. The van der Waals surface area contributed by atoms with Gasteiger partial charge >= 0.3 is 0 Å². The van der Waals surface area contributed by atoms with Crippen LogP contribution in [0.2, 0.25) is 0 Å². The van der Waals surface area contributed by atoms with Crippen molar-refractivity contribution in [1.82, 2.24) is 4.90 Å². The van der Waals surface area contributed by atoms with Crippen LogP contribution in [-0.4, -0.2) is 47.7 Å². The second kappa shape index (κ2) is 8.59. The van der Waals surface area contributed by atoms with E-state index in [-0.39, 0.29) is 30.2 Å². The summed E-state index contributed by atoms with van der Waals surface area (Å²) < 4.78 is 0. The first-order valence-electron chi connectivity index (χ1n) is 10.3. The number of fused-ring (bicyclic) bond motifs is 2. The van der Waals surface area contributed by atoms with Crippen LogP contribution in [0.3, 0.4) is 0 Å². The van der Waals surface area contributed by atoms with Crippen LogP contribution >= 0.6 is 0 Å². The Morgan fingerprint density at radius 2 is 1.65 bits per heavy atom. The SMILES string of the molecule is CC(=O)Nc1ccc(NC(=O)CN2C(=O)[C@@H]3CCCCN3C(=O)c3ccccc32)cc1. The van der Waals surface area contributed by atoms with Crippen molar-refractivity contribution >= 4 is 40.7 Å². The van der Waals surface area contributed by atoms with Crippen LogP contribution in [0.4, 0.5) is 17.1 Å². The van der Waals surface area contributed by atoms with E-state index in [0.717, 1.165) is 12.8 Å². The molecule has 0 aromatic heterocycles. The Hall–Kier alpha value is -3.68. The zero-order chi connectivity index (χ0) is 22.0. The highest BCUT2D eigenvalue weighted by atomic mass is 16.2. The van der Waals surface area contributed by atoms with Gasteiger partial charge in [0.05, 0.1) is 11.3 Å². The van der Waals surface area contributed by atoms with Gasteiger partial charge in [-0.05, 0) is 55.7 Å². The van der Waals surface area contributed by atoms with Crippen LogP contribution < -0.4 is 15.5 Å². The number of piperidine rings is 1. The molecule has 1 saturated heterocycles. The number of anilines is 3. The smallest absolute Gasteiger partial charge is 0.256 e. The van der Waals surface area contributed by atoms with E-state index in [1.165, 1.54) is 11.8 Å². The zero-order valence-corrected chi connectivity index (χ0v) is 17.3. The molecule has 2 aromatic carbocycles. The summed E-state index contributed by atoms with van der Waals surface area (Å²) in [6.07, 6.45) is 2.34. The van der Waals surface area contributed by atoms with Crippen LogP contribution in [0, 0.1) is 0 Å². The number of rotatable bonds is 4. The first-order valence-corrected chi connectivity index (χ1v) is 10.3. The van der Waals surface area contributed by atoms with Gasteiger partial charge in [-0.25, -0.2) is 0 Å². The lowest BCUT2D eigenvalue weighted by molar-refractivity contribution is -0.125. The summed E-state index contributed by atoms with van der Waals surface area (Å²) in [5.74, 6) is -0.937. The average molecular weight is 420 g/mol. The topological polar surface area (TPSA) is 98.8 Å². The second-order valence-electron chi connectivity index (χ2n) is 7.76. The van der Waals surface area contributed by atoms with Crippen molar-refractivity contribution in [3.63, 3.8) is 0 Å². The van der Waals surface area contributed by atoms with Gasteiger partial charge in [0.15, 0.2) is 0 Å². The molecule has 2 aliphatic rings. The van der Waals surface area contributed by atoms with E-state index in [1.807, 2.05) is 0 Å². The van der Waals surface area contributed by atoms with Crippen LogP contribution in [0.25, 0.3) is 0 Å². The summed E-state index contributed by atoms with van der Waals surface area (Å²) in [5, 5.41) is 5.44. The predicted molar refractivity (Wildman–Crippen MR) is 117 cm³/mol. The number of benzene rings is 2. The van der Waals surface area contributed by atoms with E-state index in [1.54, 1.807) is 53.4 Å². The first-order chi connectivity index (χ1) is 14.9. The molecule has 0 aliphatic carbocycles. The van der Waals surface area contributed by atoms with Crippen molar-refractivity contribution < 1.29 is 19.2 Å². The van der Waals surface area contributed by atoms with Crippen molar-refractivity contribution in [2.45, 2.75) is 32.2 Å². The summed E-state index contributed by atoms with van der Waals surface area (Å²) in [6, 6.07) is 13.1. The van der Waals surface area contributed by atoms with Crippen LogP contribution in [0.5, 0.6) is 0 Å². The molecule has 2 N–H and O–H groups in total. The van der Waals surface area contributed by atoms with Gasteiger partial charge in [-0.1, -0.05) is 12.1 Å². The minimum atomic E-state index is -0.543. The standard InChI is InChI=1S/C23H24N4O4/c1-15(28)24-16-9-11-17(12-10-16)25-21(29)14-27-19-7-3-2-6-18(19)22(30)26-13-5-4-8-20(26)23(27)31/h2-3,6-7,9-12,20H,4-5,8,13-14H2,1H3,(H,24,28)(H,25,29)/t20-/m0/s1. The van der Waals surface area contributed by atoms with E-state index in [0.29, 0.717) is 35.6 Å². The fourth-order valence-electron chi connectivity index (χ4n) is 4.12. The normalized spacial score (nSPS) is 18.0. The molecule has 0 unspecified atom stereocenters. The van der Waals surface area contributed by atoms with Crippen LogP contribution in [-0.2, 0) is 14.4 Å². The largest absolute Gasteiger partial charge is 0.327 e. The zero-order valence-electron chi connectivity index (χ0n) is 17.3. The molecule has 4 amide bonds. The number of amides is 4. The van der Waals surface area contributed by atoms with E-state index in [4.69, 9.17) is 0 Å².